The fourth-order valence-electron chi connectivity index (χ4n) is 2.97. The second kappa shape index (κ2) is 9.43. The number of benzene rings is 2. The molecular formula is C22H20F3N2O5-. The summed E-state index contributed by atoms with van der Waals surface area (Å²) in [4.78, 5) is 12.0. The zero-order valence-electron chi connectivity index (χ0n) is 17.2. The van der Waals surface area contributed by atoms with E-state index in [1.807, 2.05) is 6.92 Å². The lowest BCUT2D eigenvalue weighted by molar-refractivity contribution is -0.169. The SMILES string of the molecule is CCc1oc(-c2ccc(C(F)(F)F)cc2)cc1COc1ccc(C(=O)N(C)N([O-])O)cc1. The summed E-state index contributed by atoms with van der Waals surface area (Å²) < 4.78 is 49.8. The summed E-state index contributed by atoms with van der Waals surface area (Å²) in [7, 11) is 1.12. The molecule has 1 aromatic heterocycles. The number of halogens is 3. The largest absolute Gasteiger partial charge is 0.743 e. The standard InChI is InChI=1S/C22H20F3N2O5/c1-3-19-16(12-20(32-19)14-4-8-17(9-5-14)22(23,24)25)13-31-18-10-6-15(7-11-18)21(28)26(2)27(29)30/h4-12,29H,3,13H2,1-2H3/q-1. The summed E-state index contributed by atoms with van der Waals surface area (Å²) in [5.41, 5.74) is 0.700. The molecular weight excluding hydrogens is 429 g/mol. The van der Waals surface area contributed by atoms with Crippen LogP contribution >= 0.6 is 0 Å². The summed E-state index contributed by atoms with van der Waals surface area (Å²) in [5.74, 6) is 0.834. The highest BCUT2D eigenvalue weighted by Gasteiger charge is 2.30. The van der Waals surface area contributed by atoms with Gasteiger partial charge in [-0.15, -0.1) is 0 Å². The highest BCUT2D eigenvalue weighted by molar-refractivity contribution is 5.93. The zero-order valence-corrected chi connectivity index (χ0v) is 17.2. The first-order valence-electron chi connectivity index (χ1n) is 9.56. The number of amides is 1. The van der Waals surface area contributed by atoms with Gasteiger partial charge in [0.1, 0.15) is 23.9 Å². The van der Waals surface area contributed by atoms with E-state index in [1.165, 1.54) is 36.4 Å². The van der Waals surface area contributed by atoms with Crippen molar-refractivity contribution in [2.75, 3.05) is 7.05 Å². The minimum absolute atomic E-state index is 0.144. The maximum Gasteiger partial charge on any atom is 0.416 e. The molecule has 0 fully saturated rings. The average molecular weight is 449 g/mol. The van der Waals surface area contributed by atoms with Gasteiger partial charge in [0, 0.05) is 30.2 Å². The van der Waals surface area contributed by atoms with Crippen molar-refractivity contribution in [2.45, 2.75) is 26.1 Å². The second-order valence-corrected chi connectivity index (χ2v) is 6.88. The third kappa shape index (κ3) is 5.28. The number of carbonyl (C=O) groups is 1. The monoisotopic (exact) mass is 449 g/mol. The molecule has 3 aromatic rings. The lowest BCUT2D eigenvalue weighted by Gasteiger charge is -2.30. The van der Waals surface area contributed by atoms with E-state index in [-0.39, 0.29) is 12.2 Å². The third-order valence-electron chi connectivity index (χ3n) is 4.76. The maximum atomic E-state index is 12.8. The van der Waals surface area contributed by atoms with Crippen molar-refractivity contribution in [3.05, 3.63) is 82.3 Å². The van der Waals surface area contributed by atoms with Crippen molar-refractivity contribution in [3.8, 4) is 17.1 Å². The molecule has 2 aromatic carbocycles. The molecule has 0 aliphatic carbocycles. The summed E-state index contributed by atoms with van der Waals surface area (Å²) >= 11 is 0. The summed E-state index contributed by atoms with van der Waals surface area (Å²) in [5, 5.41) is 19.5. The molecule has 0 spiro atoms. The molecule has 170 valence electrons. The molecule has 0 radical (unpaired) electrons. The molecule has 1 amide bonds. The molecule has 7 nitrogen and oxygen atoms in total. The van der Waals surface area contributed by atoms with Crippen LogP contribution in [-0.4, -0.2) is 28.5 Å². The van der Waals surface area contributed by atoms with E-state index >= 15 is 0 Å². The summed E-state index contributed by atoms with van der Waals surface area (Å²) in [6.45, 7) is 2.03. The Balaban J connectivity index is 1.70. The predicted octanol–water partition coefficient (Wildman–Crippen LogP) is 5.28. The Bertz CT molecular complexity index is 1060. The number of nitrogens with zero attached hydrogens (tertiary/aromatic N) is 2. The number of furan rings is 1. The minimum Gasteiger partial charge on any atom is -0.743 e. The smallest absolute Gasteiger partial charge is 0.416 e. The van der Waals surface area contributed by atoms with E-state index in [0.29, 0.717) is 34.3 Å². The second-order valence-electron chi connectivity index (χ2n) is 6.88. The van der Waals surface area contributed by atoms with Crippen LogP contribution in [0.5, 0.6) is 5.75 Å². The van der Waals surface area contributed by atoms with Crippen LogP contribution in [0.25, 0.3) is 11.3 Å². The molecule has 10 heteroatoms. The number of ether oxygens (including phenoxy) is 1. The molecule has 0 saturated heterocycles. The molecule has 1 heterocycles. The van der Waals surface area contributed by atoms with E-state index in [2.05, 4.69) is 0 Å². The van der Waals surface area contributed by atoms with Crippen LogP contribution in [0.1, 0.15) is 34.2 Å². The van der Waals surface area contributed by atoms with Crippen molar-refractivity contribution in [1.82, 2.24) is 10.3 Å². The molecule has 0 aliphatic rings. The summed E-state index contributed by atoms with van der Waals surface area (Å²) in [6.07, 6.45) is -3.84. The molecule has 0 saturated carbocycles. The Morgan fingerprint density at radius 3 is 2.28 bits per heavy atom. The number of carbonyl (C=O) groups excluding carboxylic acids is 1. The molecule has 0 unspecified atom stereocenters. The topological polar surface area (TPSA) is 89.2 Å². The lowest BCUT2D eigenvalue weighted by atomic mass is 10.1. The first-order chi connectivity index (χ1) is 15.1. The van der Waals surface area contributed by atoms with Crippen LogP contribution < -0.4 is 4.74 Å². The van der Waals surface area contributed by atoms with Gasteiger partial charge in [0.15, 0.2) is 0 Å². The highest BCUT2D eigenvalue weighted by atomic mass is 19.4. The molecule has 1 N–H and O–H groups in total. The zero-order chi connectivity index (χ0) is 23.5. The van der Waals surface area contributed by atoms with Gasteiger partial charge >= 0.3 is 6.18 Å². The Kier molecular flexibility index (Phi) is 6.87. The fourth-order valence-corrected chi connectivity index (χ4v) is 2.97. The normalized spacial score (nSPS) is 11.6. The van der Waals surface area contributed by atoms with Gasteiger partial charge < -0.3 is 19.6 Å². The molecule has 0 aliphatic heterocycles. The van der Waals surface area contributed by atoms with E-state index in [0.717, 1.165) is 24.7 Å². The van der Waals surface area contributed by atoms with Crippen LogP contribution in [0.2, 0.25) is 0 Å². The van der Waals surface area contributed by atoms with Crippen LogP contribution in [0, 0.1) is 5.21 Å². The quantitative estimate of drug-likeness (QED) is 0.494. The Labute approximate surface area is 181 Å². The van der Waals surface area contributed by atoms with Crippen LogP contribution in [0.3, 0.4) is 0 Å². The first-order valence-corrected chi connectivity index (χ1v) is 9.56. The number of hydrazine groups is 1. The number of aryl methyl sites for hydroxylation is 1. The Hall–Kier alpha value is -3.34. The van der Waals surface area contributed by atoms with Crippen LogP contribution in [-0.2, 0) is 19.2 Å². The van der Waals surface area contributed by atoms with Crippen LogP contribution in [0.4, 0.5) is 13.2 Å². The lowest BCUT2D eigenvalue weighted by Crippen LogP contribution is -2.37. The predicted molar refractivity (Wildman–Crippen MR) is 108 cm³/mol. The van der Waals surface area contributed by atoms with Crippen molar-refractivity contribution < 1.29 is 32.3 Å². The summed E-state index contributed by atoms with van der Waals surface area (Å²) in [6, 6.07) is 12.4. The van der Waals surface area contributed by atoms with Gasteiger partial charge in [-0.1, -0.05) is 19.1 Å². The maximum absolute atomic E-state index is 12.8. The van der Waals surface area contributed by atoms with Gasteiger partial charge in [-0.2, -0.15) is 18.5 Å². The van der Waals surface area contributed by atoms with Gasteiger partial charge in [0.05, 0.1) is 5.56 Å². The van der Waals surface area contributed by atoms with E-state index in [9.17, 15) is 23.2 Å². The minimum atomic E-state index is -4.41. The van der Waals surface area contributed by atoms with Gasteiger partial charge in [0.25, 0.3) is 5.91 Å². The van der Waals surface area contributed by atoms with Gasteiger partial charge in [-0.05, 0) is 42.5 Å². The number of hydrogen-bond acceptors (Lipinski definition) is 6. The van der Waals surface area contributed by atoms with E-state index in [1.54, 1.807) is 6.07 Å². The van der Waals surface area contributed by atoms with Gasteiger partial charge in [0.2, 0.25) is 0 Å². The van der Waals surface area contributed by atoms with Crippen molar-refractivity contribution in [1.29, 1.82) is 0 Å². The first kappa shape index (κ1) is 23.3. The Morgan fingerprint density at radius 2 is 1.75 bits per heavy atom. The highest BCUT2D eigenvalue weighted by Crippen LogP contribution is 2.32. The van der Waals surface area contributed by atoms with Gasteiger partial charge in [-0.3, -0.25) is 9.80 Å². The fraction of sp³-hybridized carbons (Fsp3) is 0.227. The molecule has 3 rings (SSSR count). The number of alkyl halides is 3. The number of hydrogen-bond donors (Lipinski definition) is 1. The number of rotatable bonds is 7. The average Bonchev–Trinajstić information content (AvgIpc) is 3.19. The van der Waals surface area contributed by atoms with Crippen molar-refractivity contribution in [2.24, 2.45) is 0 Å². The molecule has 32 heavy (non-hydrogen) atoms. The van der Waals surface area contributed by atoms with E-state index < -0.39 is 23.0 Å². The van der Waals surface area contributed by atoms with Crippen LogP contribution in [0.15, 0.2) is 59.0 Å². The Morgan fingerprint density at radius 1 is 1.12 bits per heavy atom. The molecule has 0 atom stereocenters. The van der Waals surface area contributed by atoms with Crippen molar-refractivity contribution >= 4 is 5.91 Å². The van der Waals surface area contributed by atoms with Gasteiger partial charge in [-0.25, -0.2) is 0 Å². The van der Waals surface area contributed by atoms with Crippen molar-refractivity contribution in [3.63, 3.8) is 0 Å². The molecule has 0 bridgehead atoms. The van der Waals surface area contributed by atoms with E-state index in [4.69, 9.17) is 14.4 Å². The third-order valence-corrected chi connectivity index (χ3v) is 4.76.